The van der Waals surface area contributed by atoms with E-state index in [0.29, 0.717) is 12.5 Å². The zero-order valence-electron chi connectivity index (χ0n) is 12.5. The Balaban J connectivity index is 1.90. The highest BCUT2D eigenvalue weighted by molar-refractivity contribution is 9.10. The molecular weight excluding hydrogens is 368 g/mol. The second-order valence-corrected chi connectivity index (χ2v) is 8.83. The maximum atomic E-state index is 12.3. The Bertz CT molecular complexity index is 627. The molecular formula is C15H21BrN2O3S. The summed E-state index contributed by atoms with van der Waals surface area (Å²) < 4.78 is 25.4. The number of rotatable bonds is 7. The summed E-state index contributed by atoms with van der Waals surface area (Å²) in [5.74, 6) is -0.585. The molecule has 2 unspecified atom stereocenters. The van der Waals surface area contributed by atoms with Crippen molar-refractivity contribution < 1.29 is 13.2 Å². The van der Waals surface area contributed by atoms with E-state index in [1.165, 1.54) is 12.1 Å². The summed E-state index contributed by atoms with van der Waals surface area (Å²) in [6, 6.07) is 6.39. The van der Waals surface area contributed by atoms with Gasteiger partial charge in [0.05, 0.1) is 10.6 Å². The van der Waals surface area contributed by atoms with Crippen molar-refractivity contribution in [1.82, 2.24) is 5.32 Å². The van der Waals surface area contributed by atoms with E-state index in [-0.39, 0.29) is 22.6 Å². The molecule has 1 amide bonds. The van der Waals surface area contributed by atoms with Gasteiger partial charge in [-0.05, 0) is 43.0 Å². The molecule has 3 N–H and O–H groups in total. The van der Waals surface area contributed by atoms with Crippen LogP contribution in [0.3, 0.4) is 0 Å². The Morgan fingerprint density at radius 1 is 1.36 bits per heavy atom. The Morgan fingerprint density at radius 2 is 1.95 bits per heavy atom. The van der Waals surface area contributed by atoms with Gasteiger partial charge in [-0.3, -0.25) is 4.79 Å². The van der Waals surface area contributed by atoms with Gasteiger partial charge in [-0.1, -0.05) is 22.9 Å². The zero-order chi connectivity index (χ0) is 16.3. The van der Waals surface area contributed by atoms with Crippen LogP contribution in [0, 0.1) is 11.8 Å². The van der Waals surface area contributed by atoms with Crippen molar-refractivity contribution in [2.45, 2.75) is 30.7 Å². The second-order valence-electron chi connectivity index (χ2n) is 5.88. The van der Waals surface area contributed by atoms with Crippen molar-refractivity contribution in [2.24, 2.45) is 17.6 Å². The van der Waals surface area contributed by atoms with E-state index < -0.39 is 15.8 Å². The first-order valence-corrected chi connectivity index (χ1v) is 9.76. The number of halogens is 1. The first kappa shape index (κ1) is 17.4. The van der Waals surface area contributed by atoms with Crippen molar-refractivity contribution in [3.8, 4) is 0 Å². The molecule has 1 fully saturated rings. The Labute approximate surface area is 139 Å². The van der Waals surface area contributed by atoms with Gasteiger partial charge < -0.3 is 11.1 Å². The van der Waals surface area contributed by atoms with Crippen LogP contribution < -0.4 is 11.1 Å². The van der Waals surface area contributed by atoms with E-state index in [1.54, 1.807) is 19.1 Å². The summed E-state index contributed by atoms with van der Waals surface area (Å²) >= 11 is 3.27. The first-order chi connectivity index (χ1) is 10.3. The molecule has 0 aliphatic heterocycles. The van der Waals surface area contributed by atoms with Crippen LogP contribution in [0.25, 0.3) is 0 Å². The number of carbonyl (C=O) groups is 1. The molecule has 2 rings (SSSR count). The van der Waals surface area contributed by atoms with Gasteiger partial charge in [-0.2, -0.15) is 0 Å². The van der Waals surface area contributed by atoms with Gasteiger partial charge in [0, 0.05) is 23.0 Å². The highest BCUT2D eigenvalue weighted by atomic mass is 79.9. The van der Waals surface area contributed by atoms with Crippen LogP contribution >= 0.6 is 15.9 Å². The van der Waals surface area contributed by atoms with Crippen LogP contribution in [0.15, 0.2) is 33.6 Å². The third-order valence-electron chi connectivity index (χ3n) is 3.83. The normalized spacial score (nSPS) is 17.8. The van der Waals surface area contributed by atoms with Gasteiger partial charge in [-0.25, -0.2) is 8.42 Å². The topological polar surface area (TPSA) is 89.3 Å². The predicted molar refractivity (Wildman–Crippen MR) is 89.1 cm³/mol. The molecule has 1 saturated carbocycles. The molecule has 1 aliphatic rings. The number of benzene rings is 1. The van der Waals surface area contributed by atoms with E-state index in [2.05, 4.69) is 21.2 Å². The van der Waals surface area contributed by atoms with Gasteiger partial charge in [0.1, 0.15) is 0 Å². The number of sulfone groups is 1. The number of nitrogens with two attached hydrogens (primary N) is 1. The molecule has 22 heavy (non-hydrogen) atoms. The third-order valence-corrected chi connectivity index (χ3v) is 6.29. The minimum absolute atomic E-state index is 0.0285. The SMILES string of the molecule is CC(CS(=O)(=O)c1ccc(Br)cc1)C(=O)NCC(N)C1CC1. The third kappa shape index (κ3) is 4.79. The average Bonchev–Trinajstić information content (AvgIpc) is 3.28. The molecule has 1 aliphatic carbocycles. The number of nitrogens with one attached hydrogen (secondary N) is 1. The Morgan fingerprint density at radius 3 is 2.50 bits per heavy atom. The molecule has 0 aromatic heterocycles. The van der Waals surface area contributed by atoms with Gasteiger partial charge in [0.25, 0.3) is 0 Å². The number of hydrogen-bond acceptors (Lipinski definition) is 4. The summed E-state index contributed by atoms with van der Waals surface area (Å²) in [4.78, 5) is 12.2. The van der Waals surface area contributed by atoms with Crippen molar-refractivity contribution in [1.29, 1.82) is 0 Å². The smallest absolute Gasteiger partial charge is 0.223 e. The molecule has 5 nitrogen and oxygen atoms in total. The van der Waals surface area contributed by atoms with Crippen molar-refractivity contribution in [2.75, 3.05) is 12.3 Å². The zero-order valence-corrected chi connectivity index (χ0v) is 14.9. The lowest BCUT2D eigenvalue weighted by atomic mass is 10.1. The van der Waals surface area contributed by atoms with Crippen LogP contribution in [0.4, 0.5) is 0 Å². The molecule has 122 valence electrons. The summed E-state index contributed by atoms with van der Waals surface area (Å²) in [6.07, 6.45) is 2.23. The first-order valence-electron chi connectivity index (χ1n) is 7.31. The molecule has 0 spiro atoms. The van der Waals surface area contributed by atoms with Crippen LogP contribution in [-0.4, -0.2) is 32.7 Å². The minimum atomic E-state index is -3.48. The highest BCUT2D eigenvalue weighted by Gasteiger charge is 2.29. The summed E-state index contributed by atoms with van der Waals surface area (Å²) in [5.41, 5.74) is 5.92. The lowest BCUT2D eigenvalue weighted by Crippen LogP contribution is -2.41. The van der Waals surface area contributed by atoms with Crippen LogP contribution in [-0.2, 0) is 14.6 Å². The Kier molecular flexibility index (Phi) is 5.63. The van der Waals surface area contributed by atoms with E-state index in [1.807, 2.05) is 0 Å². The predicted octanol–water partition coefficient (Wildman–Crippen LogP) is 1.71. The lowest BCUT2D eigenvalue weighted by Gasteiger charge is -2.15. The fourth-order valence-corrected chi connectivity index (χ4v) is 4.04. The molecule has 0 bridgehead atoms. The summed E-state index contributed by atoms with van der Waals surface area (Å²) in [5, 5.41) is 2.75. The number of amides is 1. The number of hydrogen-bond donors (Lipinski definition) is 2. The molecule has 0 saturated heterocycles. The average molecular weight is 389 g/mol. The summed E-state index contributed by atoms with van der Waals surface area (Å²) in [6.45, 7) is 2.03. The van der Waals surface area contributed by atoms with E-state index in [9.17, 15) is 13.2 Å². The molecule has 0 radical (unpaired) electrons. The Hall–Kier alpha value is -0.920. The van der Waals surface area contributed by atoms with E-state index in [4.69, 9.17) is 5.73 Å². The molecule has 1 aromatic rings. The standard InChI is InChI=1S/C15H21BrN2O3S/c1-10(15(19)18-8-14(17)11-2-3-11)9-22(20,21)13-6-4-12(16)5-7-13/h4-7,10-11,14H,2-3,8-9,17H2,1H3,(H,18,19). The summed E-state index contributed by atoms with van der Waals surface area (Å²) in [7, 11) is -3.48. The van der Waals surface area contributed by atoms with Gasteiger partial charge in [0.2, 0.25) is 5.91 Å². The maximum Gasteiger partial charge on any atom is 0.223 e. The highest BCUT2D eigenvalue weighted by Crippen LogP contribution is 2.31. The van der Waals surface area contributed by atoms with Crippen LogP contribution in [0.5, 0.6) is 0 Å². The monoisotopic (exact) mass is 388 g/mol. The van der Waals surface area contributed by atoms with E-state index >= 15 is 0 Å². The van der Waals surface area contributed by atoms with Crippen molar-refractivity contribution in [3.63, 3.8) is 0 Å². The lowest BCUT2D eigenvalue weighted by molar-refractivity contribution is -0.123. The molecule has 7 heteroatoms. The molecule has 2 atom stereocenters. The fourth-order valence-electron chi connectivity index (χ4n) is 2.23. The minimum Gasteiger partial charge on any atom is -0.354 e. The fraction of sp³-hybridized carbons (Fsp3) is 0.533. The van der Waals surface area contributed by atoms with Crippen molar-refractivity contribution in [3.05, 3.63) is 28.7 Å². The second kappa shape index (κ2) is 7.10. The quantitative estimate of drug-likeness (QED) is 0.743. The number of carbonyl (C=O) groups excluding carboxylic acids is 1. The van der Waals surface area contributed by atoms with Gasteiger partial charge in [0.15, 0.2) is 9.84 Å². The molecule has 0 heterocycles. The molecule has 1 aromatic carbocycles. The van der Waals surface area contributed by atoms with Gasteiger partial charge in [-0.15, -0.1) is 0 Å². The van der Waals surface area contributed by atoms with Crippen LogP contribution in [0.1, 0.15) is 19.8 Å². The maximum absolute atomic E-state index is 12.3. The van der Waals surface area contributed by atoms with Crippen molar-refractivity contribution >= 4 is 31.7 Å². The largest absolute Gasteiger partial charge is 0.354 e. The van der Waals surface area contributed by atoms with Crippen LogP contribution in [0.2, 0.25) is 0 Å². The van der Waals surface area contributed by atoms with E-state index in [0.717, 1.165) is 17.3 Å². The van der Waals surface area contributed by atoms with Gasteiger partial charge >= 0.3 is 0 Å².